The molecule has 0 unspecified atom stereocenters. The third-order valence-corrected chi connectivity index (χ3v) is 6.41. The zero-order chi connectivity index (χ0) is 13.1. The summed E-state index contributed by atoms with van der Waals surface area (Å²) in [4.78, 5) is 0. The summed E-state index contributed by atoms with van der Waals surface area (Å²) >= 11 is 3.96. The fourth-order valence-electron chi connectivity index (χ4n) is 2.64. The van der Waals surface area contributed by atoms with E-state index in [0.29, 0.717) is 12.0 Å². The maximum atomic E-state index is 5.87. The van der Waals surface area contributed by atoms with Gasteiger partial charge in [-0.15, -0.1) is 10.2 Å². The van der Waals surface area contributed by atoms with Crippen molar-refractivity contribution >= 4 is 29.5 Å². The summed E-state index contributed by atoms with van der Waals surface area (Å²) in [6, 6.07) is 0.573. The van der Waals surface area contributed by atoms with Crippen LogP contribution < -0.4 is 5.73 Å². The minimum atomic E-state index is 0.573. The van der Waals surface area contributed by atoms with Gasteiger partial charge in [0.25, 0.3) is 0 Å². The van der Waals surface area contributed by atoms with Gasteiger partial charge in [0, 0.05) is 22.8 Å². The van der Waals surface area contributed by atoms with Crippen molar-refractivity contribution in [2.24, 2.45) is 0 Å². The number of hydrogen-bond acceptors (Lipinski definition) is 5. The molecule has 1 heterocycles. The van der Waals surface area contributed by atoms with Gasteiger partial charge in [-0.3, -0.25) is 4.57 Å². The standard InChI is InChI=1S/C13H22N4S2/c14-12-15-16-13(17(12)10-6-7-10)19-9-8-18-11-4-2-1-3-5-11/h10-11H,1-9H2,(H2,14,15). The summed E-state index contributed by atoms with van der Waals surface area (Å²) in [6.07, 6.45) is 9.59. The Kier molecular flexibility index (Phi) is 4.58. The molecule has 0 spiro atoms. The van der Waals surface area contributed by atoms with Gasteiger partial charge in [-0.25, -0.2) is 0 Å². The van der Waals surface area contributed by atoms with E-state index in [0.717, 1.165) is 16.2 Å². The average Bonchev–Trinajstić information content (AvgIpc) is 3.20. The molecule has 19 heavy (non-hydrogen) atoms. The Morgan fingerprint density at radius 2 is 1.84 bits per heavy atom. The Morgan fingerprint density at radius 1 is 1.05 bits per heavy atom. The molecule has 6 heteroatoms. The highest BCUT2D eigenvalue weighted by Gasteiger charge is 2.28. The molecule has 0 atom stereocenters. The third kappa shape index (κ3) is 3.60. The van der Waals surface area contributed by atoms with Gasteiger partial charge in [0.05, 0.1) is 0 Å². The van der Waals surface area contributed by atoms with Crippen LogP contribution in [-0.4, -0.2) is 31.5 Å². The largest absolute Gasteiger partial charge is 0.368 e. The SMILES string of the molecule is Nc1nnc(SCCSC2CCCCC2)n1C1CC1. The second-order valence-corrected chi connectivity index (χ2v) is 7.89. The molecule has 106 valence electrons. The molecule has 0 amide bonds. The van der Waals surface area contributed by atoms with Gasteiger partial charge in [-0.2, -0.15) is 11.8 Å². The molecule has 1 aromatic heterocycles. The van der Waals surface area contributed by atoms with Crippen molar-refractivity contribution < 1.29 is 0 Å². The van der Waals surface area contributed by atoms with E-state index in [1.165, 1.54) is 50.7 Å². The van der Waals surface area contributed by atoms with Gasteiger partial charge in [-0.1, -0.05) is 31.0 Å². The van der Waals surface area contributed by atoms with E-state index in [2.05, 4.69) is 26.5 Å². The van der Waals surface area contributed by atoms with Crippen molar-refractivity contribution in [1.82, 2.24) is 14.8 Å². The molecule has 0 aromatic carbocycles. The summed E-state index contributed by atoms with van der Waals surface area (Å²) in [5, 5.41) is 10.1. The molecular weight excluding hydrogens is 276 g/mol. The molecule has 0 radical (unpaired) electrons. The smallest absolute Gasteiger partial charge is 0.222 e. The van der Waals surface area contributed by atoms with Gasteiger partial charge in [0.2, 0.25) is 5.95 Å². The first-order valence-electron chi connectivity index (χ1n) is 7.29. The lowest BCUT2D eigenvalue weighted by Gasteiger charge is -2.20. The van der Waals surface area contributed by atoms with Crippen LogP contribution in [0.15, 0.2) is 5.16 Å². The van der Waals surface area contributed by atoms with Crippen LogP contribution in [0.3, 0.4) is 0 Å². The summed E-state index contributed by atoms with van der Waals surface area (Å²) in [5.74, 6) is 2.92. The third-order valence-electron chi connectivity index (χ3n) is 3.82. The molecule has 0 aliphatic heterocycles. The second kappa shape index (κ2) is 6.39. The Labute approximate surface area is 123 Å². The number of nitrogens with zero attached hydrogens (tertiary/aromatic N) is 3. The predicted molar refractivity (Wildman–Crippen MR) is 82.8 cm³/mol. The van der Waals surface area contributed by atoms with Crippen LogP contribution in [0, 0.1) is 0 Å². The van der Waals surface area contributed by atoms with Crippen LogP contribution in [0.2, 0.25) is 0 Å². The molecule has 0 saturated heterocycles. The molecular formula is C13H22N4S2. The normalized spacial score (nSPS) is 20.8. The lowest BCUT2D eigenvalue weighted by molar-refractivity contribution is 0.516. The zero-order valence-corrected chi connectivity index (χ0v) is 12.9. The number of anilines is 1. The van der Waals surface area contributed by atoms with Crippen molar-refractivity contribution in [3.05, 3.63) is 0 Å². The Bertz CT molecular complexity index is 411. The number of rotatable bonds is 6. The maximum absolute atomic E-state index is 5.87. The Hall–Kier alpha value is -0.360. The van der Waals surface area contributed by atoms with E-state index in [1.807, 2.05) is 11.8 Å². The zero-order valence-electron chi connectivity index (χ0n) is 11.3. The number of aromatic nitrogens is 3. The van der Waals surface area contributed by atoms with Crippen LogP contribution in [0.5, 0.6) is 0 Å². The molecule has 2 fully saturated rings. The highest BCUT2D eigenvalue weighted by molar-refractivity contribution is 8.03. The molecule has 2 N–H and O–H groups in total. The monoisotopic (exact) mass is 298 g/mol. The fourth-order valence-corrected chi connectivity index (χ4v) is 5.02. The highest BCUT2D eigenvalue weighted by atomic mass is 32.2. The van der Waals surface area contributed by atoms with Crippen LogP contribution in [0.1, 0.15) is 51.0 Å². The molecule has 3 rings (SSSR count). The van der Waals surface area contributed by atoms with Gasteiger partial charge in [0.1, 0.15) is 0 Å². The first-order chi connectivity index (χ1) is 9.34. The lowest BCUT2D eigenvalue weighted by atomic mass is 10.0. The summed E-state index contributed by atoms with van der Waals surface area (Å²) < 4.78 is 2.12. The molecule has 0 bridgehead atoms. The fraction of sp³-hybridized carbons (Fsp3) is 0.846. The first-order valence-corrected chi connectivity index (χ1v) is 9.33. The van der Waals surface area contributed by atoms with Gasteiger partial charge in [0.15, 0.2) is 5.16 Å². The molecule has 2 aliphatic rings. The topological polar surface area (TPSA) is 56.7 Å². The lowest BCUT2D eigenvalue weighted by Crippen LogP contribution is -2.09. The summed E-state index contributed by atoms with van der Waals surface area (Å²) in [6.45, 7) is 0. The van der Waals surface area contributed by atoms with Crippen LogP contribution >= 0.6 is 23.5 Å². The van der Waals surface area contributed by atoms with Gasteiger partial charge < -0.3 is 5.73 Å². The van der Waals surface area contributed by atoms with E-state index in [4.69, 9.17) is 5.73 Å². The van der Waals surface area contributed by atoms with Gasteiger partial charge in [-0.05, 0) is 25.7 Å². The van der Waals surface area contributed by atoms with Crippen LogP contribution in [-0.2, 0) is 0 Å². The predicted octanol–water partition coefficient (Wildman–Crippen LogP) is 3.35. The highest BCUT2D eigenvalue weighted by Crippen LogP contribution is 2.39. The first kappa shape index (κ1) is 13.6. The summed E-state index contributed by atoms with van der Waals surface area (Å²) in [7, 11) is 0. The quantitative estimate of drug-likeness (QED) is 0.644. The number of thioether (sulfide) groups is 2. The van der Waals surface area contributed by atoms with E-state index < -0.39 is 0 Å². The minimum absolute atomic E-state index is 0.573. The van der Waals surface area contributed by atoms with Crippen molar-refractivity contribution in [1.29, 1.82) is 0 Å². The second-order valence-electron chi connectivity index (χ2n) is 5.42. The number of nitrogens with two attached hydrogens (primary N) is 1. The van der Waals surface area contributed by atoms with E-state index in [1.54, 1.807) is 0 Å². The molecule has 2 aliphatic carbocycles. The van der Waals surface area contributed by atoms with Crippen LogP contribution in [0.25, 0.3) is 0 Å². The van der Waals surface area contributed by atoms with Crippen molar-refractivity contribution in [3.63, 3.8) is 0 Å². The van der Waals surface area contributed by atoms with E-state index in [9.17, 15) is 0 Å². The van der Waals surface area contributed by atoms with Crippen molar-refractivity contribution in [2.75, 3.05) is 17.2 Å². The average molecular weight is 298 g/mol. The molecule has 2 saturated carbocycles. The van der Waals surface area contributed by atoms with Crippen molar-refractivity contribution in [3.8, 4) is 0 Å². The Balaban J connectivity index is 1.42. The number of nitrogen functional groups attached to an aromatic ring is 1. The summed E-state index contributed by atoms with van der Waals surface area (Å²) in [5.41, 5.74) is 5.87. The molecule has 1 aromatic rings. The molecule has 4 nitrogen and oxygen atoms in total. The van der Waals surface area contributed by atoms with Crippen LogP contribution in [0.4, 0.5) is 5.95 Å². The van der Waals surface area contributed by atoms with Gasteiger partial charge >= 0.3 is 0 Å². The Morgan fingerprint density at radius 3 is 2.58 bits per heavy atom. The minimum Gasteiger partial charge on any atom is -0.368 e. The maximum Gasteiger partial charge on any atom is 0.222 e. The van der Waals surface area contributed by atoms with E-state index in [-0.39, 0.29) is 0 Å². The van der Waals surface area contributed by atoms with E-state index >= 15 is 0 Å². The number of hydrogen-bond donors (Lipinski definition) is 1. The van der Waals surface area contributed by atoms with Crippen molar-refractivity contribution in [2.45, 2.75) is 61.4 Å².